The molecular formula is C17H21NO4. The van der Waals surface area contributed by atoms with Gasteiger partial charge in [-0.05, 0) is 29.7 Å². The average molecular weight is 303 g/mol. The SMILES string of the molecule is COc1ccc(C(C)CC(=O)NCc2ccco2)c(OC)c1. The van der Waals surface area contributed by atoms with E-state index in [-0.39, 0.29) is 11.8 Å². The molecule has 1 N–H and O–H groups in total. The number of hydrogen-bond acceptors (Lipinski definition) is 4. The van der Waals surface area contributed by atoms with Crippen molar-refractivity contribution in [1.29, 1.82) is 0 Å². The van der Waals surface area contributed by atoms with Gasteiger partial charge in [-0.15, -0.1) is 0 Å². The minimum absolute atomic E-state index is 0.0261. The summed E-state index contributed by atoms with van der Waals surface area (Å²) in [6.07, 6.45) is 1.97. The van der Waals surface area contributed by atoms with Crippen LogP contribution in [0.4, 0.5) is 0 Å². The molecular weight excluding hydrogens is 282 g/mol. The fourth-order valence-electron chi connectivity index (χ4n) is 2.28. The van der Waals surface area contributed by atoms with E-state index < -0.39 is 0 Å². The Balaban J connectivity index is 1.96. The molecule has 2 aromatic rings. The average Bonchev–Trinajstić information content (AvgIpc) is 3.05. The van der Waals surface area contributed by atoms with Gasteiger partial charge in [0.1, 0.15) is 17.3 Å². The van der Waals surface area contributed by atoms with Crippen LogP contribution in [-0.4, -0.2) is 20.1 Å². The van der Waals surface area contributed by atoms with E-state index in [0.29, 0.717) is 13.0 Å². The summed E-state index contributed by atoms with van der Waals surface area (Å²) in [6, 6.07) is 9.26. The molecule has 5 heteroatoms. The van der Waals surface area contributed by atoms with Crippen LogP contribution >= 0.6 is 0 Å². The Labute approximate surface area is 130 Å². The van der Waals surface area contributed by atoms with Crippen LogP contribution in [0.5, 0.6) is 11.5 Å². The van der Waals surface area contributed by atoms with Crippen LogP contribution in [0.25, 0.3) is 0 Å². The van der Waals surface area contributed by atoms with Crippen molar-refractivity contribution in [3.63, 3.8) is 0 Å². The van der Waals surface area contributed by atoms with E-state index in [4.69, 9.17) is 13.9 Å². The highest BCUT2D eigenvalue weighted by molar-refractivity contribution is 5.76. The fourth-order valence-corrected chi connectivity index (χ4v) is 2.28. The van der Waals surface area contributed by atoms with Crippen LogP contribution in [0.3, 0.4) is 0 Å². The molecule has 118 valence electrons. The van der Waals surface area contributed by atoms with E-state index in [9.17, 15) is 4.79 Å². The van der Waals surface area contributed by atoms with Gasteiger partial charge in [0.15, 0.2) is 0 Å². The minimum atomic E-state index is -0.0261. The summed E-state index contributed by atoms with van der Waals surface area (Å²) in [6.45, 7) is 2.40. The number of carbonyl (C=O) groups is 1. The predicted molar refractivity (Wildman–Crippen MR) is 83.1 cm³/mol. The van der Waals surface area contributed by atoms with E-state index in [1.54, 1.807) is 26.5 Å². The molecule has 0 fully saturated rings. The van der Waals surface area contributed by atoms with Gasteiger partial charge >= 0.3 is 0 Å². The van der Waals surface area contributed by atoms with E-state index in [2.05, 4.69) is 5.32 Å². The second kappa shape index (κ2) is 7.54. The zero-order valence-electron chi connectivity index (χ0n) is 13.1. The third-order valence-electron chi connectivity index (χ3n) is 3.50. The van der Waals surface area contributed by atoms with Gasteiger partial charge in [-0.3, -0.25) is 4.79 Å². The molecule has 1 atom stereocenters. The number of furan rings is 1. The molecule has 1 amide bonds. The number of methoxy groups -OCH3 is 2. The lowest BCUT2D eigenvalue weighted by molar-refractivity contribution is -0.121. The highest BCUT2D eigenvalue weighted by atomic mass is 16.5. The van der Waals surface area contributed by atoms with Crippen molar-refractivity contribution in [3.05, 3.63) is 47.9 Å². The van der Waals surface area contributed by atoms with Crippen LogP contribution < -0.4 is 14.8 Å². The van der Waals surface area contributed by atoms with Crippen molar-refractivity contribution in [2.75, 3.05) is 14.2 Å². The second-order valence-corrected chi connectivity index (χ2v) is 5.07. The molecule has 0 aliphatic carbocycles. The van der Waals surface area contributed by atoms with Gasteiger partial charge in [-0.1, -0.05) is 13.0 Å². The van der Waals surface area contributed by atoms with Gasteiger partial charge < -0.3 is 19.2 Å². The normalized spacial score (nSPS) is 11.8. The van der Waals surface area contributed by atoms with Gasteiger partial charge in [-0.2, -0.15) is 0 Å². The maximum Gasteiger partial charge on any atom is 0.220 e. The van der Waals surface area contributed by atoms with Gasteiger partial charge in [0, 0.05) is 12.5 Å². The van der Waals surface area contributed by atoms with E-state index in [0.717, 1.165) is 22.8 Å². The van der Waals surface area contributed by atoms with Crippen molar-refractivity contribution >= 4 is 5.91 Å². The van der Waals surface area contributed by atoms with Crippen LogP contribution in [0.15, 0.2) is 41.0 Å². The number of nitrogens with one attached hydrogen (secondary N) is 1. The molecule has 0 aliphatic heterocycles. The molecule has 0 spiro atoms. The minimum Gasteiger partial charge on any atom is -0.497 e. The summed E-state index contributed by atoms with van der Waals surface area (Å²) >= 11 is 0. The predicted octanol–water partition coefficient (Wildman–Crippen LogP) is 3.11. The lowest BCUT2D eigenvalue weighted by atomic mass is 9.96. The number of carbonyl (C=O) groups excluding carboxylic acids is 1. The molecule has 0 saturated carbocycles. The molecule has 1 aromatic heterocycles. The molecule has 22 heavy (non-hydrogen) atoms. The van der Waals surface area contributed by atoms with Gasteiger partial charge in [-0.25, -0.2) is 0 Å². The Bertz CT molecular complexity index is 607. The molecule has 1 heterocycles. The first-order chi connectivity index (χ1) is 10.6. The number of hydrogen-bond donors (Lipinski definition) is 1. The Morgan fingerprint density at radius 3 is 2.73 bits per heavy atom. The quantitative estimate of drug-likeness (QED) is 0.854. The number of amides is 1. The first kappa shape index (κ1) is 15.9. The summed E-state index contributed by atoms with van der Waals surface area (Å²) in [7, 11) is 3.22. The van der Waals surface area contributed by atoms with Crippen molar-refractivity contribution < 1.29 is 18.7 Å². The van der Waals surface area contributed by atoms with Crippen LogP contribution in [0.1, 0.15) is 30.6 Å². The first-order valence-electron chi connectivity index (χ1n) is 7.15. The molecule has 2 rings (SSSR count). The van der Waals surface area contributed by atoms with Crippen molar-refractivity contribution in [1.82, 2.24) is 5.32 Å². The number of ether oxygens (including phenoxy) is 2. The Kier molecular flexibility index (Phi) is 5.47. The summed E-state index contributed by atoms with van der Waals surface area (Å²) in [5.41, 5.74) is 0.983. The highest BCUT2D eigenvalue weighted by Gasteiger charge is 2.16. The zero-order chi connectivity index (χ0) is 15.9. The molecule has 0 saturated heterocycles. The topological polar surface area (TPSA) is 60.7 Å². The van der Waals surface area contributed by atoms with Crippen molar-refractivity contribution in [2.45, 2.75) is 25.8 Å². The zero-order valence-corrected chi connectivity index (χ0v) is 13.1. The molecule has 1 unspecified atom stereocenters. The van der Waals surface area contributed by atoms with Gasteiger partial charge in [0.2, 0.25) is 5.91 Å². The van der Waals surface area contributed by atoms with E-state index in [1.165, 1.54) is 0 Å². The van der Waals surface area contributed by atoms with Crippen LogP contribution in [0.2, 0.25) is 0 Å². The molecule has 5 nitrogen and oxygen atoms in total. The largest absolute Gasteiger partial charge is 0.497 e. The number of rotatable bonds is 7. The summed E-state index contributed by atoms with van der Waals surface area (Å²) in [5, 5.41) is 2.85. The summed E-state index contributed by atoms with van der Waals surface area (Å²) in [4.78, 5) is 12.0. The third kappa shape index (κ3) is 4.04. The number of benzene rings is 1. The Morgan fingerprint density at radius 2 is 2.09 bits per heavy atom. The monoisotopic (exact) mass is 303 g/mol. The molecule has 0 bridgehead atoms. The lowest BCUT2D eigenvalue weighted by Gasteiger charge is -2.16. The Morgan fingerprint density at radius 1 is 1.27 bits per heavy atom. The van der Waals surface area contributed by atoms with Gasteiger partial charge in [0.25, 0.3) is 0 Å². The van der Waals surface area contributed by atoms with E-state index in [1.807, 2.05) is 31.2 Å². The van der Waals surface area contributed by atoms with E-state index >= 15 is 0 Å². The second-order valence-electron chi connectivity index (χ2n) is 5.07. The van der Waals surface area contributed by atoms with Gasteiger partial charge in [0.05, 0.1) is 27.0 Å². The van der Waals surface area contributed by atoms with Crippen LogP contribution in [0, 0.1) is 0 Å². The first-order valence-corrected chi connectivity index (χ1v) is 7.15. The maximum absolute atomic E-state index is 12.0. The molecule has 0 radical (unpaired) electrons. The van der Waals surface area contributed by atoms with Crippen molar-refractivity contribution in [2.24, 2.45) is 0 Å². The Hall–Kier alpha value is -2.43. The van der Waals surface area contributed by atoms with Crippen molar-refractivity contribution in [3.8, 4) is 11.5 Å². The molecule has 1 aromatic carbocycles. The fraction of sp³-hybridized carbons (Fsp3) is 0.353. The smallest absolute Gasteiger partial charge is 0.220 e. The summed E-state index contributed by atoms with van der Waals surface area (Å²) < 4.78 is 15.8. The third-order valence-corrected chi connectivity index (χ3v) is 3.50. The van der Waals surface area contributed by atoms with Crippen LogP contribution in [-0.2, 0) is 11.3 Å². The standard InChI is InChI=1S/C17H21NO4/c1-12(9-17(19)18-11-14-5-4-8-22-14)15-7-6-13(20-2)10-16(15)21-3/h4-8,10,12H,9,11H2,1-3H3,(H,18,19). The molecule has 0 aliphatic rings. The maximum atomic E-state index is 12.0. The summed E-state index contributed by atoms with van der Waals surface area (Å²) in [5.74, 6) is 2.21. The highest BCUT2D eigenvalue weighted by Crippen LogP contribution is 2.32. The lowest BCUT2D eigenvalue weighted by Crippen LogP contribution is -2.23.